The zero-order chi connectivity index (χ0) is 64.5. The minimum atomic E-state index is -5.09. The minimum absolute atomic E-state index is 0.0309. The number of nitrogens with two attached hydrogens (primary N) is 1. The van der Waals surface area contributed by atoms with Crippen molar-refractivity contribution in [3.8, 4) is 11.5 Å². The normalized spacial score (nSPS) is 11.8. The number of primary amides is 1. The number of anilines is 9. The number of aromatic nitrogens is 5. The molecule has 464 valence electrons. The van der Waals surface area contributed by atoms with Crippen LogP contribution in [0.3, 0.4) is 0 Å². The van der Waals surface area contributed by atoms with Crippen molar-refractivity contribution in [1.29, 1.82) is 0 Å². The largest absolute Gasteiger partial charge is 0.494 e. The Balaban J connectivity index is 1.26. The summed E-state index contributed by atoms with van der Waals surface area (Å²) in [4.78, 5) is 102. The number of nitrogens with one attached hydrogen (secondary N) is 5. The monoisotopic (exact) mass is 1290 g/mol. The predicted octanol–water partition coefficient (Wildman–Crippen LogP) is 11.1. The fourth-order valence-electron chi connectivity index (χ4n) is 8.37. The standard InChI is InChI=1S/C57H61N17O11S4/c1-10-73(11-2)44-25-40(42(27-46(44)84-8)69-71-55-59-29-37(87-55)23-38(31(6)76)50(79)62-36-20-16-18-34(22-36)60-30-75)63-53-66-54(68-56(67-53)86-14-5)64-41-26-45(74(12-3)13-4)47(85-9)28-43(41)70-72-57-65-52(89(81,82)83)48(88-57)24-39(32(7)77)51(80)61-35-19-15-17-33(21-35)49(58)78/h15-30H,10-14H2,1-9H3,(H2,58,78)(H,60,75)(H,61,80)(H,62,79)(H,81,82,83)(H2,63,64,66,67,68)/b38-23+,39-24-,71-69+,72-70+. The van der Waals surface area contributed by atoms with Crippen LogP contribution in [-0.4, -0.2) is 120 Å². The highest BCUT2D eigenvalue weighted by Gasteiger charge is 2.26. The van der Waals surface area contributed by atoms with Gasteiger partial charge in [0.2, 0.25) is 39.5 Å². The summed E-state index contributed by atoms with van der Waals surface area (Å²) >= 11 is 2.98. The maximum Gasteiger partial charge on any atom is 0.313 e. The zero-order valence-corrected chi connectivity index (χ0v) is 52.7. The molecular weight excluding hydrogens is 1230 g/mol. The highest BCUT2D eigenvalue weighted by Crippen LogP contribution is 2.43. The van der Waals surface area contributed by atoms with E-state index in [1.807, 2.05) is 45.6 Å². The quantitative estimate of drug-likeness (QED) is 0.00418. The van der Waals surface area contributed by atoms with Gasteiger partial charge in [-0.2, -0.15) is 23.4 Å². The molecule has 0 saturated heterocycles. The van der Waals surface area contributed by atoms with Gasteiger partial charge in [-0.1, -0.05) is 53.5 Å². The number of benzene rings is 4. The lowest BCUT2D eigenvalue weighted by atomic mass is 10.1. The number of hydrogen-bond acceptors (Lipinski definition) is 26. The number of ether oxygens (including phenoxy) is 2. The summed E-state index contributed by atoms with van der Waals surface area (Å²) < 4.78 is 47.6. The van der Waals surface area contributed by atoms with Crippen molar-refractivity contribution < 1.29 is 51.2 Å². The Bertz CT molecular complexity index is 4070. The molecule has 0 bridgehead atoms. The van der Waals surface area contributed by atoms with Gasteiger partial charge in [0, 0.05) is 67.1 Å². The summed E-state index contributed by atoms with van der Waals surface area (Å²) in [5, 5.41) is 31.3. The zero-order valence-electron chi connectivity index (χ0n) is 49.4. The number of nitrogens with zero attached hydrogens (tertiary/aromatic N) is 11. The second kappa shape index (κ2) is 30.6. The smallest absolute Gasteiger partial charge is 0.313 e. The Kier molecular flexibility index (Phi) is 22.9. The summed E-state index contributed by atoms with van der Waals surface area (Å²) in [6.45, 7) is 14.5. The van der Waals surface area contributed by atoms with Crippen LogP contribution in [0, 0.1) is 0 Å². The van der Waals surface area contributed by atoms with Crippen LogP contribution in [0.15, 0.2) is 121 Å². The number of carbonyl (C=O) groups is 6. The van der Waals surface area contributed by atoms with Crippen LogP contribution < -0.4 is 51.6 Å². The van der Waals surface area contributed by atoms with Gasteiger partial charge in [0.1, 0.15) is 22.9 Å². The van der Waals surface area contributed by atoms with E-state index < -0.39 is 50.0 Å². The summed E-state index contributed by atoms with van der Waals surface area (Å²) in [5.41, 5.74) is 8.07. The van der Waals surface area contributed by atoms with Crippen LogP contribution >= 0.6 is 34.4 Å². The molecule has 3 aromatic heterocycles. The average Bonchev–Trinajstić information content (AvgIpc) is 2.06. The minimum Gasteiger partial charge on any atom is -0.494 e. The van der Waals surface area contributed by atoms with E-state index in [1.165, 1.54) is 75.5 Å². The van der Waals surface area contributed by atoms with Crippen molar-refractivity contribution in [2.75, 3.05) is 82.5 Å². The van der Waals surface area contributed by atoms with Gasteiger partial charge in [-0.3, -0.25) is 33.3 Å². The molecular formula is C57H61N17O11S4. The molecule has 89 heavy (non-hydrogen) atoms. The summed E-state index contributed by atoms with van der Waals surface area (Å²) in [6.07, 6.45) is 4.29. The van der Waals surface area contributed by atoms with Crippen molar-refractivity contribution in [3.63, 3.8) is 0 Å². The van der Waals surface area contributed by atoms with E-state index in [4.69, 9.17) is 30.2 Å². The number of methoxy groups -OCH3 is 2. The van der Waals surface area contributed by atoms with Crippen molar-refractivity contribution in [2.45, 2.75) is 58.6 Å². The Hall–Kier alpha value is -9.89. The van der Waals surface area contributed by atoms with E-state index in [0.29, 0.717) is 99.6 Å². The Labute approximate surface area is 523 Å². The van der Waals surface area contributed by atoms with Gasteiger partial charge in [0.15, 0.2) is 16.7 Å². The molecule has 0 unspecified atom stereocenters. The third-order valence-corrected chi connectivity index (χ3v) is 16.0. The molecule has 7 aromatic rings. The van der Waals surface area contributed by atoms with E-state index in [-0.39, 0.29) is 60.9 Å². The van der Waals surface area contributed by atoms with Gasteiger partial charge in [0.05, 0.1) is 57.9 Å². The lowest BCUT2D eigenvalue weighted by Crippen LogP contribution is -2.22. The number of thioether (sulfide) groups is 1. The molecule has 4 amide bonds. The number of azo groups is 2. The van der Waals surface area contributed by atoms with Crippen molar-refractivity contribution in [1.82, 2.24) is 24.9 Å². The number of carbonyl (C=O) groups excluding carboxylic acids is 6. The topological polar surface area (TPSA) is 382 Å². The van der Waals surface area contributed by atoms with E-state index in [2.05, 4.69) is 61.9 Å². The van der Waals surface area contributed by atoms with Gasteiger partial charge < -0.3 is 51.6 Å². The van der Waals surface area contributed by atoms with E-state index in [9.17, 15) is 41.7 Å². The fraction of sp³-hybridized carbons (Fsp3) is 0.246. The van der Waals surface area contributed by atoms with E-state index in [0.717, 1.165) is 24.3 Å². The molecule has 4 aromatic carbocycles. The lowest BCUT2D eigenvalue weighted by molar-refractivity contribution is -0.120. The highest BCUT2D eigenvalue weighted by molar-refractivity contribution is 7.99. The molecule has 0 atom stereocenters. The molecule has 0 aliphatic heterocycles. The Morgan fingerprint density at radius 1 is 0.674 bits per heavy atom. The van der Waals surface area contributed by atoms with Gasteiger partial charge in [0.25, 0.3) is 11.8 Å². The maximum atomic E-state index is 13.5. The van der Waals surface area contributed by atoms with Crippen LogP contribution in [0.5, 0.6) is 11.5 Å². The Morgan fingerprint density at radius 3 is 1.69 bits per heavy atom. The van der Waals surface area contributed by atoms with Crippen molar-refractivity contribution in [3.05, 3.63) is 105 Å². The van der Waals surface area contributed by atoms with E-state index >= 15 is 0 Å². The third kappa shape index (κ3) is 17.4. The highest BCUT2D eigenvalue weighted by atomic mass is 32.2. The first-order valence-corrected chi connectivity index (χ1v) is 31.1. The van der Waals surface area contributed by atoms with Gasteiger partial charge >= 0.3 is 10.1 Å². The number of rotatable bonds is 30. The molecule has 0 radical (unpaired) electrons. The SMILES string of the molecule is CCSc1nc(Nc2cc(N(CC)CC)c(OC)cc2/N=N/c2ncc(/C=C(\C(C)=O)C(=O)Nc3cccc(NC=O)c3)s2)nc(Nc2cc(N(CC)CC)c(OC)cc2/N=N/c2nc(S(=O)(=O)O)c(/C=C(/C(C)=O)C(=O)Nc3cccc(C(N)=O)c3)s2)n1. The second-order valence-electron chi connectivity index (χ2n) is 18.4. The molecule has 0 fully saturated rings. The molecule has 0 aliphatic carbocycles. The number of Topliss-reactive ketones (excluding diaryl/α,β-unsaturated/α-hetero) is 2. The lowest BCUT2D eigenvalue weighted by Gasteiger charge is -2.25. The van der Waals surface area contributed by atoms with Crippen LogP contribution in [0.1, 0.15) is 68.6 Å². The number of amides is 4. The average molecular weight is 1290 g/mol. The molecule has 7 rings (SSSR count). The number of thiazole rings is 2. The first-order chi connectivity index (χ1) is 42.6. The second-order valence-corrected chi connectivity index (χ2v) is 23.0. The first kappa shape index (κ1) is 66.6. The van der Waals surface area contributed by atoms with Crippen LogP contribution in [-0.2, 0) is 34.1 Å². The van der Waals surface area contributed by atoms with Gasteiger partial charge in [-0.25, -0.2) is 9.97 Å². The molecule has 32 heteroatoms. The van der Waals surface area contributed by atoms with Crippen LogP contribution in [0.2, 0.25) is 0 Å². The number of hydrogen-bond donors (Lipinski definition) is 7. The Morgan fingerprint density at radius 2 is 1.19 bits per heavy atom. The molecule has 28 nitrogen and oxygen atoms in total. The molecule has 8 N–H and O–H groups in total. The molecule has 0 saturated carbocycles. The summed E-state index contributed by atoms with van der Waals surface area (Å²) in [6, 6.07) is 18.9. The van der Waals surface area contributed by atoms with Crippen LogP contribution in [0.4, 0.5) is 73.3 Å². The van der Waals surface area contributed by atoms with Gasteiger partial charge in [-0.05, 0) is 108 Å². The van der Waals surface area contributed by atoms with Crippen molar-refractivity contribution >= 4 is 166 Å². The van der Waals surface area contributed by atoms with Gasteiger partial charge in [-0.15, -0.1) is 20.5 Å². The van der Waals surface area contributed by atoms with Crippen LogP contribution in [0.25, 0.3) is 12.2 Å². The van der Waals surface area contributed by atoms with Crippen molar-refractivity contribution in [2.24, 2.45) is 26.2 Å². The first-order valence-electron chi connectivity index (χ1n) is 27.0. The number of ketones is 2. The summed E-state index contributed by atoms with van der Waals surface area (Å²) in [5.74, 6) is -2.20. The third-order valence-electron chi connectivity index (χ3n) is 12.6. The maximum absolute atomic E-state index is 13.5. The summed E-state index contributed by atoms with van der Waals surface area (Å²) in [7, 11) is -2.09. The predicted molar refractivity (Wildman–Crippen MR) is 344 cm³/mol. The van der Waals surface area contributed by atoms with E-state index in [1.54, 1.807) is 36.4 Å². The molecule has 0 spiro atoms. The molecule has 3 heterocycles. The molecule has 0 aliphatic rings. The fourth-order valence-corrected chi connectivity index (χ4v) is 11.4.